The van der Waals surface area contributed by atoms with E-state index in [0.29, 0.717) is 0 Å². The Kier molecular flexibility index (Phi) is 9.17. The molecule has 0 heterocycles. The maximum Gasteiger partial charge on any atom is 0.308 e. The Morgan fingerprint density at radius 1 is 0.838 bits per heavy atom. The first-order valence-electron chi connectivity index (χ1n) is 12.7. The molecule has 2 atom stereocenters. The van der Waals surface area contributed by atoms with E-state index in [-0.39, 0.29) is 17.2 Å². The SMILES string of the molecule is CC(C(=O)O)[C@@H](CC(=O)C=P(c1ccccc1)(c1ccccc1)c1ccccc1)O[Si](C)(C)C(C)(C)C. The van der Waals surface area contributed by atoms with E-state index in [9.17, 15) is 14.7 Å². The smallest absolute Gasteiger partial charge is 0.308 e. The van der Waals surface area contributed by atoms with Crippen LogP contribution in [0.4, 0.5) is 0 Å². The molecular weight excluding hydrogens is 495 g/mol. The normalized spacial score (nSPS) is 14.0. The number of aliphatic carboxylic acids is 1. The van der Waals surface area contributed by atoms with Gasteiger partial charge in [-0.1, -0.05) is 112 Å². The summed E-state index contributed by atoms with van der Waals surface area (Å²) in [5.41, 5.74) is 0. The average Bonchev–Trinajstić information content (AvgIpc) is 2.87. The summed E-state index contributed by atoms with van der Waals surface area (Å²) in [6.07, 6.45) is -0.680. The van der Waals surface area contributed by atoms with Crippen LogP contribution in [0.3, 0.4) is 0 Å². The molecule has 0 aromatic heterocycles. The van der Waals surface area contributed by atoms with Crippen LogP contribution in [0.5, 0.6) is 0 Å². The fourth-order valence-electron chi connectivity index (χ4n) is 4.16. The van der Waals surface area contributed by atoms with Crippen LogP contribution in [-0.4, -0.2) is 37.1 Å². The van der Waals surface area contributed by atoms with Gasteiger partial charge in [0.05, 0.1) is 12.0 Å². The molecule has 3 aromatic carbocycles. The predicted octanol–water partition coefficient (Wildman–Crippen LogP) is 5.85. The molecular formula is C31H39O4PSi. The Labute approximate surface area is 222 Å². The molecule has 0 aliphatic heterocycles. The van der Waals surface area contributed by atoms with E-state index in [1.165, 1.54) is 0 Å². The van der Waals surface area contributed by atoms with Crippen molar-refractivity contribution in [1.29, 1.82) is 0 Å². The summed E-state index contributed by atoms with van der Waals surface area (Å²) in [5.74, 6) is 0.0293. The number of hydrogen-bond donors (Lipinski definition) is 1. The van der Waals surface area contributed by atoms with Crippen molar-refractivity contribution < 1.29 is 19.1 Å². The zero-order valence-corrected chi connectivity index (χ0v) is 24.6. The lowest BCUT2D eigenvalue weighted by Crippen LogP contribution is -2.47. The van der Waals surface area contributed by atoms with Gasteiger partial charge < -0.3 is 9.53 Å². The van der Waals surface area contributed by atoms with Crippen molar-refractivity contribution in [3.63, 3.8) is 0 Å². The number of ketones is 1. The van der Waals surface area contributed by atoms with Crippen LogP contribution < -0.4 is 15.9 Å². The van der Waals surface area contributed by atoms with Crippen LogP contribution in [0.1, 0.15) is 34.1 Å². The van der Waals surface area contributed by atoms with Gasteiger partial charge in [0.1, 0.15) is 0 Å². The summed E-state index contributed by atoms with van der Waals surface area (Å²) >= 11 is 0. The van der Waals surface area contributed by atoms with Crippen molar-refractivity contribution in [2.45, 2.75) is 58.4 Å². The highest BCUT2D eigenvalue weighted by molar-refractivity contribution is 7.95. The van der Waals surface area contributed by atoms with Crippen molar-refractivity contribution in [3.05, 3.63) is 91.0 Å². The topological polar surface area (TPSA) is 63.6 Å². The molecule has 3 aromatic rings. The van der Waals surface area contributed by atoms with E-state index < -0.39 is 33.2 Å². The molecule has 3 rings (SSSR count). The van der Waals surface area contributed by atoms with E-state index in [2.05, 4.69) is 70.3 Å². The largest absolute Gasteiger partial charge is 0.481 e. The molecule has 0 spiro atoms. The quantitative estimate of drug-likeness (QED) is 0.262. The molecule has 196 valence electrons. The van der Waals surface area contributed by atoms with Crippen LogP contribution in [0, 0.1) is 5.92 Å². The van der Waals surface area contributed by atoms with Gasteiger partial charge in [0.2, 0.25) is 0 Å². The molecule has 0 fully saturated rings. The Morgan fingerprint density at radius 3 is 1.54 bits per heavy atom. The minimum Gasteiger partial charge on any atom is -0.481 e. The van der Waals surface area contributed by atoms with Crippen LogP contribution >= 0.6 is 6.89 Å². The lowest BCUT2D eigenvalue weighted by atomic mass is 10.0. The molecule has 0 saturated heterocycles. The third-order valence-electron chi connectivity index (χ3n) is 7.43. The van der Waals surface area contributed by atoms with Gasteiger partial charge in [-0.2, -0.15) is 0 Å². The number of benzene rings is 3. The second kappa shape index (κ2) is 11.8. The highest BCUT2D eigenvalue weighted by Crippen LogP contribution is 2.44. The van der Waals surface area contributed by atoms with E-state index in [4.69, 9.17) is 4.43 Å². The van der Waals surface area contributed by atoms with Gasteiger partial charge in [-0.3, -0.25) is 9.59 Å². The summed E-state index contributed by atoms with van der Waals surface area (Å²) in [6.45, 7) is 9.71. The van der Waals surface area contributed by atoms with Gasteiger partial charge in [-0.25, -0.2) is 0 Å². The Hall–Kier alpha value is -2.72. The molecule has 0 saturated carbocycles. The summed E-state index contributed by atoms with van der Waals surface area (Å²) in [6, 6.07) is 30.5. The molecule has 4 nitrogen and oxygen atoms in total. The highest BCUT2D eigenvalue weighted by atomic mass is 31.2. The lowest BCUT2D eigenvalue weighted by molar-refractivity contribution is -0.144. The van der Waals surface area contributed by atoms with E-state index in [1.54, 1.807) is 6.92 Å². The van der Waals surface area contributed by atoms with Crippen molar-refractivity contribution in [2.75, 3.05) is 0 Å². The number of carboxylic acids is 1. The number of rotatable bonds is 10. The van der Waals surface area contributed by atoms with Crippen LogP contribution in [0.25, 0.3) is 0 Å². The zero-order valence-electron chi connectivity index (χ0n) is 22.7. The average molecular weight is 535 g/mol. The summed E-state index contributed by atoms with van der Waals surface area (Å²) in [5, 5.41) is 13.0. The van der Waals surface area contributed by atoms with Crippen LogP contribution in [-0.2, 0) is 14.0 Å². The maximum atomic E-state index is 14.0. The van der Waals surface area contributed by atoms with E-state index >= 15 is 0 Å². The van der Waals surface area contributed by atoms with E-state index in [0.717, 1.165) is 15.9 Å². The summed E-state index contributed by atoms with van der Waals surface area (Å²) < 4.78 is 6.56. The minimum atomic E-state index is -2.47. The fourth-order valence-corrected chi connectivity index (χ4v) is 9.37. The monoisotopic (exact) mass is 534 g/mol. The molecule has 1 N–H and O–H groups in total. The molecule has 6 heteroatoms. The first kappa shape index (κ1) is 28.8. The molecule has 0 amide bonds. The Morgan fingerprint density at radius 2 is 1.22 bits per heavy atom. The standard InChI is InChI=1S/C31H39O4PSi/c1-24(30(33)34)29(35-37(5,6)31(2,3)4)22-25(32)23-36(26-16-10-7-11-17-26,27-18-12-8-13-19-27)28-20-14-9-15-21-28/h7-21,23-24,29H,22H2,1-6H3,(H,33,34)/t24?,29-/m1/s1. The van der Waals surface area contributed by atoms with Crippen molar-refractivity contribution >= 4 is 48.7 Å². The van der Waals surface area contributed by atoms with Gasteiger partial charge in [-0.15, -0.1) is 0 Å². The van der Waals surface area contributed by atoms with Gasteiger partial charge in [0.15, 0.2) is 14.1 Å². The van der Waals surface area contributed by atoms with Gasteiger partial charge >= 0.3 is 5.97 Å². The Bertz CT molecular complexity index is 1150. The maximum absolute atomic E-state index is 14.0. The van der Waals surface area contributed by atoms with Crippen molar-refractivity contribution in [3.8, 4) is 0 Å². The molecule has 37 heavy (non-hydrogen) atoms. The van der Waals surface area contributed by atoms with E-state index in [1.807, 2.05) is 60.4 Å². The van der Waals surface area contributed by atoms with Crippen molar-refractivity contribution in [2.24, 2.45) is 5.92 Å². The number of hydrogen-bond acceptors (Lipinski definition) is 3. The summed E-state index contributed by atoms with van der Waals surface area (Å²) in [4.78, 5) is 26.0. The van der Waals surface area contributed by atoms with Crippen LogP contribution in [0.15, 0.2) is 91.0 Å². The third kappa shape index (κ3) is 6.59. The first-order valence-corrected chi connectivity index (χ1v) is 17.5. The number of Topliss-reactive ketones (excluding diaryl/α,β-unsaturated/α-hetero) is 1. The van der Waals surface area contributed by atoms with Gasteiger partial charge in [0, 0.05) is 6.42 Å². The third-order valence-corrected chi connectivity index (χ3v) is 15.9. The first-order chi connectivity index (χ1) is 17.4. The molecule has 1 unspecified atom stereocenters. The zero-order chi connectivity index (χ0) is 27.3. The predicted molar refractivity (Wildman–Crippen MR) is 160 cm³/mol. The molecule has 0 aliphatic rings. The molecule has 0 radical (unpaired) electrons. The number of carbonyl (C=O) groups is 2. The number of carbonyl (C=O) groups excluding carboxylic acids is 1. The second-order valence-electron chi connectivity index (χ2n) is 11.1. The number of carboxylic acid groups (broad SMARTS) is 1. The molecule has 0 aliphatic carbocycles. The van der Waals surface area contributed by atoms with Gasteiger partial charge in [0.25, 0.3) is 0 Å². The van der Waals surface area contributed by atoms with Crippen LogP contribution in [0.2, 0.25) is 18.1 Å². The minimum absolute atomic E-state index is 0.0221. The lowest BCUT2D eigenvalue weighted by Gasteiger charge is -2.40. The molecule has 0 bridgehead atoms. The highest BCUT2D eigenvalue weighted by Gasteiger charge is 2.42. The fraction of sp³-hybridized carbons (Fsp3) is 0.323. The summed E-state index contributed by atoms with van der Waals surface area (Å²) in [7, 11) is -2.31. The van der Waals surface area contributed by atoms with Crippen molar-refractivity contribution in [1.82, 2.24) is 0 Å². The second-order valence-corrected chi connectivity index (χ2v) is 19.1. The van der Waals surface area contributed by atoms with Gasteiger partial charge in [-0.05, 0) is 53.7 Å². The Balaban J connectivity index is 2.19.